The average Bonchev–Trinajstić information content (AvgIpc) is 3.37. The Kier molecular flexibility index (Phi) is 8.45. The van der Waals surface area contributed by atoms with Gasteiger partial charge in [0.05, 0.1) is 22.9 Å². The zero-order valence-electron chi connectivity index (χ0n) is 22.9. The standard InChI is InChI=1S/C33H27ClN4O4/c1-3-42-26-17-13-22(14-18-26)31(39)23-7-6-8-24(19-23)32(40)36-30-20-29(37-38(30)2)21-11-15-25(16-12-21)35-33(41)27-9-4-5-10-28(27)34/h4-20H,3H2,1-2H3,(H,35,41)(H,36,40). The maximum Gasteiger partial charge on any atom is 0.257 e. The summed E-state index contributed by atoms with van der Waals surface area (Å²) < 4.78 is 7.01. The van der Waals surface area contributed by atoms with Gasteiger partial charge in [0.25, 0.3) is 11.8 Å². The number of aromatic nitrogens is 2. The molecule has 0 radical (unpaired) electrons. The molecule has 8 nitrogen and oxygen atoms in total. The van der Waals surface area contributed by atoms with Crippen LogP contribution in [0.4, 0.5) is 11.5 Å². The number of hydrogen-bond acceptors (Lipinski definition) is 5. The van der Waals surface area contributed by atoms with Gasteiger partial charge in [0.15, 0.2) is 5.78 Å². The minimum atomic E-state index is -0.372. The molecule has 1 aromatic heterocycles. The van der Waals surface area contributed by atoms with E-state index < -0.39 is 0 Å². The van der Waals surface area contributed by atoms with Crippen molar-refractivity contribution >= 4 is 40.7 Å². The molecule has 0 fully saturated rings. The molecule has 9 heteroatoms. The predicted molar refractivity (Wildman–Crippen MR) is 163 cm³/mol. The highest BCUT2D eigenvalue weighted by atomic mass is 35.5. The Balaban J connectivity index is 1.26. The van der Waals surface area contributed by atoms with Crippen LogP contribution in [0.15, 0.2) is 103 Å². The Labute approximate surface area is 247 Å². The number of carbonyl (C=O) groups is 3. The Morgan fingerprint density at radius 2 is 1.50 bits per heavy atom. The van der Waals surface area contributed by atoms with E-state index in [2.05, 4.69) is 15.7 Å². The molecular weight excluding hydrogens is 552 g/mol. The molecule has 0 aliphatic rings. The highest BCUT2D eigenvalue weighted by Crippen LogP contribution is 2.25. The normalized spacial score (nSPS) is 10.6. The zero-order valence-corrected chi connectivity index (χ0v) is 23.7. The highest BCUT2D eigenvalue weighted by Gasteiger charge is 2.16. The number of halogens is 1. The SMILES string of the molecule is CCOc1ccc(C(=O)c2cccc(C(=O)Nc3cc(-c4ccc(NC(=O)c5ccccc5Cl)cc4)nn3C)c2)cc1. The molecule has 0 spiro atoms. The van der Waals surface area contributed by atoms with E-state index in [0.717, 1.165) is 5.56 Å². The number of benzene rings is 4. The van der Waals surface area contributed by atoms with Crippen molar-refractivity contribution in [2.24, 2.45) is 7.05 Å². The van der Waals surface area contributed by atoms with Crippen LogP contribution in [0.5, 0.6) is 5.75 Å². The highest BCUT2D eigenvalue weighted by molar-refractivity contribution is 6.34. The van der Waals surface area contributed by atoms with Crippen molar-refractivity contribution < 1.29 is 19.1 Å². The van der Waals surface area contributed by atoms with Gasteiger partial charge >= 0.3 is 0 Å². The van der Waals surface area contributed by atoms with Crippen LogP contribution in [-0.4, -0.2) is 34.0 Å². The van der Waals surface area contributed by atoms with Crippen LogP contribution in [0.2, 0.25) is 5.02 Å². The van der Waals surface area contributed by atoms with Crippen LogP contribution < -0.4 is 15.4 Å². The van der Waals surface area contributed by atoms with Crippen LogP contribution in [0.1, 0.15) is 43.6 Å². The summed E-state index contributed by atoms with van der Waals surface area (Å²) in [6.45, 7) is 2.44. The lowest BCUT2D eigenvalue weighted by Gasteiger charge is -2.08. The van der Waals surface area contributed by atoms with Gasteiger partial charge in [-0.05, 0) is 67.6 Å². The van der Waals surface area contributed by atoms with E-state index >= 15 is 0 Å². The molecule has 2 N–H and O–H groups in total. The number of ketones is 1. The van der Waals surface area contributed by atoms with Gasteiger partial charge in [-0.25, -0.2) is 0 Å². The third kappa shape index (κ3) is 6.40. The first-order chi connectivity index (χ1) is 20.3. The molecule has 5 rings (SSSR count). The van der Waals surface area contributed by atoms with E-state index in [1.54, 1.807) is 103 Å². The van der Waals surface area contributed by atoms with Crippen LogP contribution in [0.3, 0.4) is 0 Å². The van der Waals surface area contributed by atoms with Crippen molar-refractivity contribution in [2.45, 2.75) is 6.92 Å². The predicted octanol–water partition coefficient (Wildman–Crippen LogP) is 6.87. The summed E-state index contributed by atoms with van der Waals surface area (Å²) in [6, 6.07) is 29.3. The third-order valence-corrected chi connectivity index (χ3v) is 6.82. The summed E-state index contributed by atoms with van der Waals surface area (Å²) in [6.07, 6.45) is 0. The first kappa shape index (κ1) is 28.3. The van der Waals surface area contributed by atoms with Gasteiger partial charge in [0, 0.05) is 41.1 Å². The fraction of sp³-hybridized carbons (Fsp3) is 0.0909. The van der Waals surface area contributed by atoms with Crippen molar-refractivity contribution in [3.8, 4) is 17.0 Å². The lowest BCUT2D eigenvalue weighted by Crippen LogP contribution is -2.15. The first-order valence-electron chi connectivity index (χ1n) is 13.2. The summed E-state index contributed by atoms with van der Waals surface area (Å²) in [7, 11) is 1.73. The maximum absolute atomic E-state index is 13.1. The molecule has 210 valence electrons. The Morgan fingerprint density at radius 3 is 2.21 bits per heavy atom. The lowest BCUT2D eigenvalue weighted by molar-refractivity contribution is 0.101. The van der Waals surface area contributed by atoms with Crippen LogP contribution >= 0.6 is 11.6 Å². The number of carbonyl (C=O) groups excluding carboxylic acids is 3. The van der Waals surface area contributed by atoms with Crippen molar-refractivity contribution in [3.63, 3.8) is 0 Å². The third-order valence-electron chi connectivity index (χ3n) is 6.49. The van der Waals surface area contributed by atoms with Gasteiger partial charge in [-0.3, -0.25) is 19.1 Å². The number of nitrogens with zero attached hydrogens (tertiary/aromatic N) is 2. The molecule has 0 atom stereocenters. The molecule has 42 heavy (non-hydrogen) atoms. The van der Waals surface area contributed by atoms with E-state index in [9.17, 15) is 14.4 Å². The van der Waals surface area contributed by atoms with Crippen molar-refractivity contribution in [3.05, 3.63) is 130 Å². The van der Waals surface area contributed by atoms with Gasteiger partial charge in [-0.2, -0.15) is 5.10 Å². The van der Waals surface area contributed by atoms with E-state index in [0.29, 0.717) is 56.8 Å². The van der Waals surface area contributed by atoms with Crippen molar-refractivity contribution in [2.75, 3.05) is 17.2 Å². The van der Waals surface area contributed by atoms with E-state index in [-0.39, 0.29) is 17.6 Å². The Morgan fingerprint density at radius 1 is 0.786 bits per heavy atom. The van der Waals surface area contributed by atoms with E-state index in [1.807, 2.05) is 19.1 Å². The summed E-state index contributed by atoms with van der Waals surface area (Å²) >= 11 is 6.12. The first-order valence-corrected chi connectivity index (χ1v) is 13.6. The average molecular weight is 579 g/mol. The Hall–Kier alpha value is -5.21. The largest absolute Gasteiger partial charge is 0.494 e. The second-order valence-electron chi connectivity index (χ2n) is 9.37. The number of nitrogens with one attached hydrogen (secondary N) is 2. The Bertz CT molecular complexity index is 1760. The second kappa shape index (κ2) is 12.5. The summed E-state index contributed by atoms with van der Waals surface area (Å²) in [4.78, 5) is 38.7. The van der Waals surface area contributed by atoms with Gasteiger partial charge in [-0.1, -0.05) is 48.0 Å². The fourth-order valence-corrected chi connectivity index (χ4v) is 4.54. The number of ether oxygens (including phenoxy) is 1. The smallest absolute Gasteiger partial charge is 0.257 e. The molecule has 0 unspecified atom stereocenters. The van der Waals surface area contributed by atoms with Gasteiger partial charge in [-0.15, -0.1) is 0 Å². The lowest BCUT2D eigenvalue weighted by atomic mass is 10.0. The van der Waals surface area contributed by atoms with Gasteiger partial charge in [0.2, 0.25) is 0 Å². The topological polar surface area (TPSA) is 102 Å². The maximum atomic E-state index is 13.1. The van der Waals surface area contributed by atoms with Crippen LogP contribution in [0.25, 0.3) is 11.3 Å². The minimum Gasteiger partial charge on any atom is -0.494 e. The molecule has 0 aliphatic heterocycles. The number of hydrogen-bond donors (Lipinski definition) is 2. The molecule has 2 amide bonds. The quantitative estimate of drug-likeness (QED) is 0.186. The molecule has 0 saturated carbocycles. The summed E-state index contributed by atoms with van der Waals surface area (Å²) in [5.74, 6) is 0.301. The number of anilines is 2. The number of amides is 2. The number of aryl methyl sites for hydroxylation is 1. The number of rotatable bonds is 9. The van der Waals surface area contributed by atoms with Crippen molar-refractivity contribution in [1.82, 2.24) is 9.78 Å². The molecule has 1 heterocycles. The minimum absolute atomic E-state index is 0.193. The summed E-state index contributed by atoms with van der Waals surface area (Å²) in [5.41, 5.74) is 3.67. The van der Waals surface area contributed by atoms with Crippen LogP contribution in [-0.2, 0) is 7.05 Å². The molecular formula is C33H27ClN4O4. The van der Waals surface area contributed by atoms with E-state index in [4.69, 9.17) is 16.3 Å². The van der Waals surface area contributed by atoms with Gasteiger partial charge in [0.1, 0.15) is 11.6 Å². The molecule has 0 aliphatic carbocycles. The molecule has 0 bridgehead atoms. The van der Waals surface area contributed by atoms with Crippen molar-refractivity contribution in [1.29, 1.82) is 0 Å². The van der Waals surface area contributed by atoms with E-state index in [1.165, 1.54) is 0 Å². The van der Waals surface area contributed by atoms with Gasteiger partial charge < -0.3 is 15.4 Å². The summed E-state index contributed by atoms with van der Waals surface area (Å²) in [5, 5.41) is 10.6. The molecule has 0 saturated heterocycles. The second-order valence-corrected chi connectivity index (χ2v) is 9.78. The fourth-order valence-electron chi connectivity index (χ4n) is 4.32. The molecule has 5 aromatic rings. The monoisotopic (exact) mass is 578 g/mol. The van der Waals surface area contributed by atoms with Crippen LogP contribution in [0, 0.1) is 0 Å². The zero-order chi connectivity index (χ0) is 29.6. The molecule has 4 aromatic carbocycles.